The largest absolute Gasteiger partial charge is 0.346 e. The number of rotatable bonds is 6. The van der Waals surface area contributed by atoms with Gasteiger partial charge in [-0.3, -0.25) is 0 Å². The van der Waals surface area contributed by atoms with Gasteiger partial charge in [0.25, 0.3) is 0 Å². The van der Waals surface area contributed by atoms with E-state index in [1.807, 2.05) is 91.0 Å². The average molecular weight is 477 g/mol. The van der Waals surface area contributed by atoms with Gasteiger partial charge in [-0.05, 0) is 5.56 Å². The monoisotopic (exact) mass is 476 g/mol. The normalized spacial score (nSPS) is 34.2. The van der Waals surface area contributed by atoms with E-state index in [9.17, 15) is 0 Å². The molecule has 0 N–H and O–H groups in total. The summed E-state index contributed by atoms with van der Waals surface area (Å²) in [5.74, 6) is -1.40. The van der Waals surface area contributed by atoms with Crippen molar-refractivity contribution in [3.63, 3.8) is 0 Å². The lowest BCUT2D eigenvalue weighted by molar-refractivity contribution is -0.350. The van der Waals surface area contributed by atoms with Crippen LogP contribution in [0.5, 0.6) is 0 Å². The first-order chi connectivity index (χ1) is 17.3. The highest BCUT2D eigenvalue weighted by Crippen LogP contribution is 2.47. The Balaban J connectivity index is 1.29. The number of fused-ring (bicyclic) bond motifs is 3. The van der Waals surface area contributed by atoms with E-state index in [0.29, 0.717) is 13.2 Å². The quantitative estimate of drug-likeness (QED) is 0.526. The zero-order chi connectivity index (χ0) is 23.7. The summed E-state index contributed by atoms with van der Waals surface area (Å²) in [7, 11) is 1.57. The summed E-state index contributed by atoms with van der Waals surface area (Å²) in [4.78, 5) is 0. The van der Waals surface area contributed by atoms with Crippen molar-refractivity contribution in [1.29, 1.82) is 0 Å². The van der Waals surface area contributed by atoms with Crippen molar-refractivity contribution < 1.29 is 33.2 Å². The molecule has 35 heavy (non-hydrogen) atoms. The van der Waals surface area contributed by atoms with Gasteiger partial charge in [0.2, 0.25) is 0 Å². The minimum Gasteiger partial charge on any atom is -0.346 e. The molecule has 7 heteroatoms. The average Bonchev–Trinajstić information content (AvgIpc) is 3.35. The van der Waals surface area contributed by atoms with Crippen molar-refractivity contribution in [2.75, 3.05) is 13.7 Å². The topological polar surface area (TPSA) is 64.6 Å². The Labute approximate surface area is 204 Å². The summed E-state index contributed by atoms with van der Waals surface area (Å²) in [6, 6.07) is 29.4. The van der Waals surface area contributed by atoms with Gasteiger partial charge in [-0.1, -0.05) is 91.0 Å². The van der Waals surface area contributed by atoms with Gasteiger partial charge in [0.15, 0.2) is 12.6 Å². The molecule has 0 aliphatic carbocycles. The molecule has 2 unspecified atom stereocenters. The Morgan fingerprint density at radius 1 is 0.771 bits per heavy atom. The van der Waals surface area contributed by atoms with Crippen LogP contribution in [0.3, 0.4) is 0 Å². The first kappa shape index (κ1) is 22.8. The molecule has 3 aliphatic rings. The van der Waals surface area contributed by atoms with E-state index in [1.54, 1.807) is 7.11 Å². The van der Waals surface area contributed by atoms with E-state index in [2.05, 4.69) is 0 Å². The number of hydrogen-bond acceptors (Lipinski definition) is 7. The van der Waals surface area contributed by atoms with Crippen LogP contribution in [0.1, 0.15) is 23.0 Å². The third kappa shape index (κ3) is 4.41. The number of benzene rings is 3. The summed E-state index contributed by atoms with van der Waals surface area (Å²) < 4.78 is 43.9. The van der Waals surface area contributed by atoms with Crippen molar-refractivity contribution in [3.8, 4) is 0 Å². The zero-order valence-electron chi connectivity index (χ0n) is 19.4. The molecule has 6 rings (SSSR count). The minimum absolute atomic E-state index is 0.341. The SMILES string of the molecule is COC1(c2ccccc2)O[C@@H]2[C@H](O1)[C@H](OCc1ccccc1)O[C@@H]1COC(c3ccccc3)O[C@@H]21. The second kappa shape index (κ2) is 9.79. The Morgan fingerprint density at radius 2 is 1.43 bits per heavy atom. The highest BCUT2D eigenvalue weighted by atomic mass is 16.9. The van der Waals surface area contributed by atoms with E-state index >= 15 is 0 Å². The first-order valence-corrected chi connectivity index (χ1v) is 11.8. The van der Waals surface area contributed by atoms with Crippen molar-refractivity contribution in [2.45, 2.75) is 49.6 Å². The third-order valence-electron chi connectivity index (χ3n) is 6.59. The van der Waals surface area contributed by atoms with E-state index < -0.39 is 36.9 Å². The molecule has 3 saturated heterocycles. The maximum atomic E-state index is 6.54. The molecule has 7 nitrogen and oxygen atoms in total. The van der Waals surface area contributed by atoms with Crippen molar-refractivity contribution in [3.05, 3.63) is 108 Å². The zero-order valence-corrected chi connectivity index (χ0v) is 19.4. The molecular weight excluding hydrogens is 448 g/mol. The van der Waals surface area contributed by atoms with Gasteiger partial charge in [-0.25, -0.2) is 0 Å². The summed E-state index contributed by atoms with van der Waals surface area (Å²) >= 11 is 0. The Morgan fingerprint density at radius 3 is 2.14 bits per heavy atom. The number of methoxy groups -OCH3 is 1. The highest BCUT2D eigenvalue weighted by molar-refractivity contribution is 5.21. The minimum atomic E-state index is -1.40. The third-order valence-corrected chi connectivity index (χ3v) is 6.59. The molecule has 3 aromatic carbocycles. The van der Waals surface area contributed by atoms with Crippen LogP contribution in [0, 0.1) is 0 Å². The van der Waals surface area contributed by atoms with Crippen LogP contribution < -0.4 is 0 Å². The Hall–Kier alpha value is -2.62. The predicted octanol–water partition coefficient (Wildman–Crippen LogP) is 4.28. The van der Waals surface area contributed by atoms with Gasteiger partial charge in [0, 0.05) is 18.2 Å². The fraction of sp³-hybridized carbons (Fsp3) is 0.357. The molecular formula is C28H28O7. The second-order valence-electron chi connectivity index (χ2n) is 8.81. The van der Waals surface area contributed by atoms with Crippen molar-refractivity contribution in [2.24, 2.45) is 0 Å². The maximum absolute atomic E-state index is 6.54. The van der Waals surface area contributed by atoms with Crippen molar-refractivity contribution in [1.82, 2.24) is 0 Å². The van der Waals surface area contributed by atoms with E-state index in [-0.39, 0.29) is 6.10 Å². The molecule has 7 atom stereocenters. The van der Waals surface area contributed by atoms with E-state index in [4.69, 9.17) is 33.2 Å². The lowest BCUT2D eigenvalue weighted by atomic mass is 9.98. The van der Waals surface area contributed by atoms with Crippen LogP contribution in [0.2, 0.25) is 0 Å². The molecule has 0 spiro atoms. The number of hydrogen-bond donors (Lipinski definition) is 0. The molecule has 182 valence electrons. The Bertz CT molecular complexity index is 1100. The number of ether oxygens (including phenoxy) is 7. The van der Waals surface area contributed by atoms with E-state index in [0.717, 1.165) is 16.7 Å². The van der Waals surface area contributed by atoms with Gasteiger partial charge in [0.1, 0.15) is 24.4 Å². The molecule has 3 aliphatic heterocycles. The Kier molecular flexibility index (Phi) is 6.39. The maximum Gasteiger partial charge on any atom is 0.312 e. The van der Waals surface area contributed by atoms with Crippen LogP contribution in [0.4, 0.5) is 0 Å². The smallest absolute Gasteiger partial charge is 0.312 e. The molecule has 0 radical (unpaired) electrons. The van der Waals surface area contributed by atoms with Crippen LogP contribution in [0.25, 0.3) is 0 Å². The lowest BCUT2D eigenvalue weighted by Crippen LogP contribution is -2.61. The lowest BCUT2D eigenvalue weighted by Gasteiger charge is -2.45. The summed E-state index contributed by atoms with van der Waals surface area (Å²) in [6.45, 7) is 0.711. The van der Waals surface area contributed by atoms with Crippen LogP contribution in [0.15, 0.2) is 91.0 Å². The van der Waals surface area contributed by atoms with Crippen LogP contribution in [-0.2, 0) is 45.7 Å². The fourth-order valence-electron chi connectivity index (χ4n) is 4.85. The molecule has 3 aromatic rings. The van der Waals surface area contributed by atoms with E-state index in [1.165, 1.54) is 0 Å². The second-order valence-corrected chi connectivity index (χ2v) is 8.81. The van der Waals surface area contributed by atoms with Crippen LogP contribution >= 0.6 is 0 Å². The van der Waals surface area contributed by atoms with Gasteiger partial charge < -0.3 is 33.2 Å². The fourth-order valence-corrected chi connectivity index (χ4v) is 4.85. The molecule has 0 bridgehead atoms. The van der Waals surface area contributed by atoms with Gasteiger partial charge in [0.05, 0.1) is 13.2 Å². The molecule has 3 heterocycles. The summed E-state index contributed by atoms with van der Waals surface area (Å²) in [6.07, 6.45) is -3.11. The standard InChI is InChI=1S/C28H28O7/c1-29-28(21-15-9-4-10-16-21)34-24-23-22(18-31-26(33-23)20-13-7-3-8-14-20)32-27(25(24)35-28)30-17-19-11-5-2-6-12-19/h2-16,22-27H,17-18H2,1H3/t22-,23-,24+,25+,26?,27-,28?/m1/s1. The first-order valence-electron chi connectivity index (χ1n) is 11.8. The van der Waals surface area contributed by atoms with Gasteiger partial charge in [-0.15, -0.1) is 0 Å². The summed E-state index contributed by atoms with van der Waals surface area (Å²) in [5, 5.41) is 0. The van der Waals surface area contributed by atoms with Crippen LogP contribution in [-0.4, -0.2) is 44.4 Å². The molecule has 3 fully saturated rings. The molecule has 0 aromatic heterocycles. The van der Waals surface area contributed by atoms with Gasteiger partial charge >= 0.3 is 5.97 Å². The molecule has 0 amide bonds. The van der Waals surface area contributed by atoms with Crippen molar-refractivity contribution >= 4 is 0 Å². The van der Waals surface area contributed by atoms with Gasteiger partial charge in [-0.2, -0.15) is 0 Å². The molecule has 0 saturated carbocycles. The summed E-state index contributed by atoms with van der Waals surface area (Å²) in [5.41, 5.74) is 2.72. The highest BCUT2D eigenvalue weighted by Gasteiger charge is 2.61. The predicted molar refractivity (Wildman–Crippen MR) is 125 cm³/mol.